The summed E-state index contributed by atoms with van der Waals surface area (Å²) in [4.78, 5) is 4.46. The van der Waals surface area contributed by atoms with E-state index in [0.29, 0.717) is 5.71 Å². The molecule has 1 aromatic carbocycles. The van der Waals surface area contributed by atoms with Crippen LogP contribution in [0.15, 0.2) is 59.3 Å². The second-order valence-electron chi connectivity index (χ2n) is 5.29. The predicted molar refractivity (Wildman–Crippen MR) is 82.9 cm³/mol. The van der Waals surface area contributed by atoms with Crippen molar-refractivity contribution >= 4 is 22.1 Å². The van der Waals surface area contributed by atoms with Crippen LogP contribution in [0.2, 0.25) is 0 Å². The summed E-state index contributed by atoms with van der Waals surface area (Å²) in [5.74, 6) is 0. The number of para-hydroxylation sites is 1. The Hall–Kier alpha value is -2.68. The molecule has 0 N–H and O–H groups in total. The van der Waals surface area contributed by atoms with Gasteiger partial charge < -0.3 is 4.42 Å². The van der Waals surface area contributed by atoms with Gasteiger partial charge in [0.05, 0.1) is 10.9 Å². The summed E-state index contributed by atoms with van der Waals surface area (Å²) < 4.78 is 8.02. The standard InChI is InChI=1S/C18H15N2O/c1-12-11-19-18-17(13-7-3-4-9-15(13)21-18)16(12)14-8-5-6-10-20(14)2/h3-11H,1-2H3/q+1. The van der Waals surface area contributed by atoms with Gasteiger partial charge in [-0.25, -0.2) is 9.55 Å². The Morgan fingerprint density at radius 1 is 1.05 bits per heavy atom. The van der Waals surface area contributed by atoms with Crippen LogP contribution in [0.25, 0.3) is 33.3 Å². The lowest BCUT2D eigenvalue weighted by Crippen LogP contribution is -2.30. The van der Waals surface area contributed by atoms with Gasteiger partial charge in [0.25, 0.3) is 0 Å². The highest BCUT2D eigenvalue weighted by Crippen LogP contribution is 2.35. The molecule has 3 heterocycles. The molecule has 0 atom stereocenters. The molecule has 3 aromatic heterocycles. The number of aromatic nitrogens is 2. The van der Waals surface area contributed by atoms with Crippen molar-refractivity contribution in [3.8, 4) is 11.3 Å². The van der Waals surface area contributed by atoms with E-state index >= 15 is 0 Å². The molecule has 0 amide bonds. The van der Waals surface area contributed by atoms with E-state index in [2.05, 4.69) is 47.9 Å². The third-order valence-electron chi connectivity index (χ3n) is 3.91. The summed E-state index contributed by atoms with van der Waals surface area (Å²) in [6.07, 6.45) is 3.94. The number of pyridine rings is 2. The van der Waals surface area contributed by atoms with Gasteiger partial charge in [-0.3, -0.25) is 0 Å². The van der Waals surface area contributed by atoms with E-state index < -0.39 is 0 Å². The lowest BCUT2D eigenvalue weighted by molar-refractivity contribution is -0.660. The molecule has 4 aromatic rings. The lowest BCUT2D eigenvalue weighted by atomic mass is 10.0. The zero-order chi connectivity index (χ0) is 14.4. The molecule has 0 fully saturated rings. The van der Waals surface area contributed by atoms with Gasteiger partial charge in [-0.2, -0.15) is 0 Å². The molecule has 0 radical (unpaired) electrons. The normalized spacial score (nSPS) is 11.3. The molecule has 21 heavy (non-hydrogen) atoms. The minimum atomic E-state index is 0.695. The molecule has 3 heteroatoms. The fourth-order valence-electron chi connectivity index (χ4n) is 2.90. The molecular weight excluding hydrogens is 260 g/mol. The van der Waals surface area contributed by atoms with Crippen LogP contribution in [0.4, 0.5) is 0 Å². The van der Waals surface area contributed by atoms with Gasteiger partial charge in [0, 0.05) is 23.7 Å². The summed E-state index contributed by atoms with van der Waals surface area (Å²) in [7, 11) is 2.06. The monoisotopic (exact) mass is 275 g/mol. The first kappa shape index (κ1) is 12.1. The highest BCUT2D eigenvalue weighted by Gasteiger charge is 2.20. The van der Waals surface area contributed by atoms with Crippen molar-refractivity contribution in [2.75, 3.05) is 0 Å². The molecule has 3 nitrogen and oxygen atoms in total. The van der Waals surface area contributed by atoms with Crippen molar-refractivity contribution in [1.29, 1.82) is 0 Å². The maximum Gasteiger partial charge on any atom is 0.228 e. The fourth-order valence-corrected chi connectivity index (χ4v) is 2.90. The number of fused-ring (bicyclic) bond motifs is 3. The maximum atomic E-state index is 5.89. The number of nitrogens with zero attached hydrogens (tertiary/aromatic N) is 2. The first-order valence-electron chi connectivity index (χ1n) is 6.97. The van der Waals surface area contributed by atoms with Crippen molar-refractivity contribution < 1.29 is 8.98 Å². The maximum absolute atomic E-state index is 5.89. The molecule has 4 rings (SSSR count). The SMILES string of the molecule is Cc1cnc2oc3ccccc3c2c1-c1cccc[n+]1C. The van der Waals surface area contributed by atoms with E-state index in [4.69, 9.17) is 4.42 Å². The Morgan fingerprint density at radius 2 is 1.86 bits per heavy atom. The van der Waals surface area contributed by atoms with Gasteiger partial charge in [-0.15, -0.1) is 0 Å². The fraction of sp³-hybridized carbons (Fsp3) is 0.111. The summed E-state index contributed by atoms with van der Waals surface area (Å²) >= 11 is 0. The molecule has 0 bridgehead atoms. The summed E-state index contributed by atoms with van der Waals surface area (Å²) in [6.45, 7) is 2.09. The smallest absolute Gasteiger partial charge is 0.228 e. The van der Waals surface area contributed by atoms with Crippen LogP contribution in [0.1, 0.15) is 5.56 Å². The number of aryl methyl sites for hydroxylation is 2. The summed E-state index contributed by atoms with van der Waals surface area (Å²) in [5.41, 5.74) is 5.07. The number of hydrogen-bond donors (Lipinski definition) is 0. The van der Waals surface area contributed by atoms with Crippen LogP contribution in [-0.2, 0) is 7.05 Å². The third kappa shape index (κ3) is 1.74. The molecule has 0 spiro atoms. The van der Waals surface area contributed by atoms with Crippen LogP contribution in [-0.4, -0.2) is 4.98 Å². The van der Waals surface area contributed by atoms with E-state index in [9.17, 15) is 0 Å². The first-order valence-corrected chi connectivity index (χ1v) is 6.97. The topological polar surface area (TPSA) is 29.9 Å². The second-order valence-corrected chi connectivity index (χ2v) is 5.29. The number of benzene rings is 1. The largest absolute Gasteiger partial charge is 0.438 e. The highest BCUT2D eigenvalue weighted by atomic mass is 16.3. The summed E-state index contributed by atoms with van der Waals surface area (Å²) in [6, 6.07) is 14.3. The summed E-state index contributed by atoms with van der Waals surface area (Å²) in [5, 5.41) is 2.20. The molecule has 0 aliphatic rings. The number of rotatable bonds is 1. The quantitative estimate of drug-likeness (QED) is 0.495. The Balaban J connectivity index is 2.22. The van der Waals surface area contributed by atoms with Crippen molar-refractivity contribution in [2.45, 2.75) is 6.92 Å². The van der Waals surface area contributed by atoms with E-state index in [1.165, 1.54) is 5.56 Å². The zero-order valence-corrected chi connectivity index (χ0v) is 12.0. The van der Waals surface area contributed by atoms with E-state index in [0.717, 1.165) is 27.6 Å². The molecule has 102 valence electrons. The Morgan fingerprint density at radius 3 is 2.71 bits per heavy atom. The lowest BCUT2D eigenvalue weighted by Gasteiger charge is -2.05. The van der Waals surface area contributed by atoms with E-state index in [1.54, 1.807) is 0 Å². The van der Waals surface area contributed by atoms with Crippen LogP contribution < -0.4 is 4.57 Å². The van der Waals surface area contributed by atoms with Crippen molar-refractivity contribution in [3.05, 3.63) is 60.4 Å². The van der Waals surface area contributed by atoms with Crippen LogP contribution >= 0.6 is 0 Å². The van der Waals surface area contributed by atoms with Crippen molar-refractivity contribution in [2.24, 2.45) is 7.05 Å². The highest BCUT2D eigenvalue weighted by molar-refractivity contribution is 6.11. The predicted octanol–water partition coefficient (Wildman–Crippen LogP) is 3.78. The minimum absolute atomic E-state index is 0.695. The van der Waals surface area contributed by atoms with Gasteiger partial charge in [0.2, 0.25) is 11.4 Å². The first-order chi connectivity index (χ1) is 10.3. The van der Waals surface area contributed by atoms with Gasteiger partial charge in [-0.05, 0) is 24.6 Å². The number of hydrogen-bond acceptors (Lipinski definition) is 2. The average Bonchev–Trinajstić information content (AvgIpc) is 2.87. The van der Waals surface area contributed by atoms with E-state index in [1.807, 2.05) is 30.5 Å². The van der Waals surface area contributed by atoms with Crippen LogP contribution in [0.5, 0.6) is 0 Å². The van der Waals surface area contributed by atoms with Gasteiger partial charge in [0.1, 0.15) is 12.6 Å². The Bertz CT molecular complexity index is 969. The van der Waals surface area contributed by atoms with Gasteiger partial charge in [-0.1, -0.05) is 18.2 Å². The second kappa shape index (κ2) is 4.42. The third-order valence-corrected chi connectivity index (χ3v) is 3.91. The molecule has 0 unspecified atom stereocenters. The van der Waals surface area contributed by atoms with E-state index in [-0.39, 0.29) is 0 Å². The zero-order valence-electron chi connectivity index (χ0n) is 12.0. The van der Waals surface area contributed by atoms with Gasteiger partial charge >= 0.3 is 0 Å². The number of furan rings is 1. The van der Waals surface area contributed by atoms with Crippen molar-refractivity contribution in [3.63, 3.8) is 0 Å². The minimum Gasteiger partial charge on any atom is -0.438 e. The molecule has 0 saturated carbocycles. The molecular formula is C18H15N2O+. The average molecular weight is 275 g/mol. The molecule has 0 saturated heterocycles. The van der Waals surface area contributed by atoms with Crippen LogP contribution in [0, 0.1) is 6.92 Å². The van der Waals surface area contributed by atoms with Gasteiger partial charge in [0.15, 0.2) is 6.20 Å². The molecule has 0 aliphatic heterocycles. The Kier molecular flexibility index (Phi) is 2.54. The van der Waals surface area contributed by atoms with Crippen molar-refractivity contribution in [1.82, 2.24) is 4.98 Å². The molecule has 0 aliphatic carbocycles. The Labute approximate surface area is 122 Å². The van der Waals surface area contributed by atoms with Crippen LogP contribution in [0.3, 0.4) is 0 Å².